The van der Waals surface area contributed by atoms with Crippen LogP contribution in [0.4, 0.5) is 4.39 Å². The van der Waals surface area contributed by atoms with Crippen molar-refractivity contribution in [1.29, 1.82) is 0 Å². The Hall–Kier alpha value is -1.93. The molecule has 1 fully saturated rings. The first-order valence-corrected chi connectivity index (χ1v) is 10.00. The lowest BCUT2D eigenvalue weighted by Gasteiger charge is -2.34. The number of nitrogens with zero attached hydrogens (tertiary/aromatic N) is 3. The minimum atomic E-state index is -0.255. The van der Waals surface area contributed by atoms with Gasteiger partial charge in [-0.1, -0.05) is 23.9 Å². The van der Waals surface area contributed by atoms with Gasteiger partial charge in [0.05, 0.1) is 12.1 Å². The SMILES string of the molecule is Cn1c(CNC(=O)[C@@H]2CCOC(C)(C)C2)nnc1SCc1ccc(F)cc1. The molecule has 0 bridgehead atoms. The minimum Gasteiger partial charge on any atom is -0.376 e. The average molecular weight is 393 g/mol. The lowest BCUT2D eigenvalue weighted by Crippen LogP contribution is -2.41. The van der Waals surface area contributed by atoms with E-state index in [-0.39, 0.29) is 23.2 Å². The molecule has 1 N–H and O–H groups in total. The van der Waals surface area contributed by atoms with Crippen LogP contribution in [-0.2, 0) is 28.9 Å². The van der Waals surface area contributed by atoms with Gasteiger partial charge in [0.25, 0.3) is 0 Å². The lowest BCUT2D eigenvalue weighted by atomic mass is 9.88. The highest BCUT2D eigenvalue weighted by atomic mass is 32.2. The molecular formula is C19H25FN4O2S. The molecule has 27 heavy (non-hydrogen) atoms. The highest BCUT2D eigenvalue weighted by Crippen LogP contribution is 2.28. The number of aromatic nitrogens is 3. The molecule has 1 aromatic heterocycles. The zero-order valence-corrected chi connectivity index (χ0v) is 16.7. The van der Waals surface area contributed by atoms with E-state index in [1.807, 2.05) is 25.5 Å². The largest absolute Gasteiger partial charge is 0.376 e. The number of amides is 1. The van der Waals surface area contributed by atoms with Crippen LogP contribution in [0.3, 0.4) is 0 Å². The third-order valence-electron chi connectivity index (χ3n) is 4.69. The molecule has 0 radical (unpaired) electrons. The molecule has 1 aromatic carbocycles. The van der Waals surface area contributed by atoms with Crippen LogP contribution in [0.1, 0.15) is 38.1 Å². The Morgan fingerprint density at radius 1 is 1.37 bits per heavy atom. The van der Waals surface area contributed by atoms with Crippen molar-refractivity contribution in [2.75, 3.05) is 6.61 Å². The standard InChI is InChI=1S/C19H25FN4O2S/c1-19(2)10-14(8-9-26-19)17(25)21-11-16-22-23-18(24(16)3)27-12-13-4-6-15(20)7-5-13/h4-7,14H,8-12H2,1-3H3,(H,21,25)/t14-/m1/s1. The zero-order chi connectivity index (χ0) is 19.4. The fraction of sp³-hybridized carbons (Fsp3) is 0.526. The fourth-order valence-electron chi connectivity index (χ4n) is 3.12. The molecule has 0 aliphatic carbocycles. The molecule has 0 saturated carbocycles. The molecule has 146 valence electrons. The topological polar surface area (TPSA) is 69.0 Å². The van der Waals surface area contributed by atoms with Crippen LogP contribution in [0, 0.1) is 11.7 Å². The molecule has 0 unspecified atom stereocenters. The van der Waals surface area contributed by atoms with E-state index in [9.17, 15) is 9.18 Å². The van der Waals surface area contributed by atoms with E-state index in [1.54, 1.807) is 12.1 Å². The first-order chi connectivity index (χ1) is 12.8. The number of benzene rings is 1. The van der Waals surface area contributed by atoms with Gasteiger partial charge in [0.1, 0.15) is 5.82 Å². The van der Waals surface area contributed by atoms with E-state index in [1.165, 1.54) is 23.9 Å². The zero-order valence-electron chi connectivity index (χ0n) is 15.9. The van der Waals surface area contributed by atoms with Crippen LogP contribution in [0.15, 0.2) is 29.4 Å². The Balaban J connectivity index is 1.52. The van der Waals surface area contributed by atoms with E-state index < -0.39 is 0 Å². The van der Waals surface area contributed by atoms with Crippen molar-refractivity contribution in [2.45, 2.75) is 49.7 Å². The predicted molar refractivity (Wildman–Crippen MR) is 102 cm³/mol. The van der Waals surface area contributed by atoms with Crippen LogP contribution in [0.5, 0.6) is 0 Å². The van der Waals surface area contributed by atoms with Gasteiger partial charge in [-0.3, -0.25) is 4.79 Å². The highest BCUT2D eigenvalue weighted by Gasteiger charge is 2.32. The van der Waals surface area contributed by atoms with Gasteiger partial charge in [-0.2, -0.15) is 0 Å². The normalized spacial score (nSPS) is 19.0. The number of hydrogen-bond acceptors (Lipinski definition) is 5. The molecule has 6 nitrogen and oxygen atoms in total. The highest BCUT2D eigenvalue weighted by molar-refractivity contribution is 7.98. The molecular weight excluding hydrogens is 367 g/mol. The molecule has 1 aliphatic heterocycles. The van der Waals surface area contributed by atoms with E-state index >= 15 is 0 Å². The number of thioether (sulfide) groups is 1. The van der Waals surface area contributed by atoms with Crippen LogP contribution in [-0.4, -0.2) is 32.9 Å². The Morgan fingerprint density at radius 3 is 2.81 bits per heavy atom. The van der Waals surface area contributed by atoms with Crippen LogP contribution < -0.4 is 5.32 Å². The summed E-state index contributed by atoms with van der Waals surface area (Å²) in [5.74, 6) is 1.14. The van der Waals surface area contributed by atoms with Crippen molar-refractivity contribution in [3.05, 3.63) is 41.5 Å². The summed E-state index contributed by atoms with van der Waals surface area (Å²) < 4.78 is 20.5. The summed E-state index contributed by atoms with van der Waals surface area (Å²) in [7, 11) is 1.88. The van der Waals surface area contributed by atoms with Crippen LogP contribution in [0.2, 0.25) is 0 Å². The number of carbonyl (C=O) groups is 1. The first-order valence-electron chi connectivity index (χ1n) is 9.01. The molecule has 3 rings (SSSR count). The van der Waals surface area contributed by atoms with Gasteiger partial charge < -0.3 is 14.6 Å². The van der Waals surface area contributed by atoms with E-state index in [0.717, 1.165) is 23.6 Å². The fourth-order valence-corrected chi connectivity index (χ4v) is 4.01. The quantitative estimate of drug-likeness (QED) is 0.765. The van der Waals surface area contributed by atoms with E-state index in [4.69, 9.17) is 4.74 Å². The lowest BCUT2D eigenvalue weighted by molar-refractivity contribution is -0.135. The van der Waals surface area contributed by atoms with Gasteiger partial charge in [0.2, 0.25) is 5.91 Å². The molecule has 1 aliphatic rings. The van der Waals surface area contributed by atoms with Crippen molar-refractivity contribution in [3.8, 4) is 0 Å². The van der Waals surface area contributed by atoms with E-state index in [2.05, 4.69) is 15.5 Å². The van der Waals surface area contributed by atoms with Crippen molar-refractivity contribution >= 4 is 17.7 Å². The van der Waals surface area contributed by atoms with E-state index in [0.29, 0.717) is 24.7 Å². The monoisotopic (exact) mass is 392 g/mol. The second kappa shape index (κ2) is 8.39. The Bertz CT molecular complexity index is 792. The molecule has 2 aromatic rings. The average Bonchev–Trinajstić information content (AvgIpc) is 2.98. The number of hydrogen-bond donors (Lipinski definition) is 1. The van der Waals surface area contributed by atoms with Gasteiger partial charge in [0, 0.05) is 25.3 Å². The predicted octanol–water partition coefficient (Wildman–Crippen LogP) is 3.07. The summed E-state index contributed by atoms with van der Waals surface area (Å²) in [4.78, 5) is 12.5. The summed E-state index contributed by atoms with van der Waals surface area (Å²) in [5, 5.41) is 12.1. The van der Waals surface area contributed by atoms with Crippen molar-refractivity contribution in [1.82, 2.24) is 20.1 Å². The van der Waals surface area contributed by atoms with Gasteiger partial charge in [-0.15, -0.1) is 10.2 Å². The van der Waals surface area contributed by atoms with Crippen molar-refractivity contribution in [3.63, 3.8) is 0 Å². The van der Waals surface area contributed by atoms with Gasteiger partial charge in [0.15, 0.2) is 11.0 Å². The van der Waals surface area contributed by atoms with Crippen molar-refractivity contribution in [2.24, 2.45) is 13.0 Å². The second-order valence-corrected chi connectivity index (χ2v) is 8.33. The van der Waals surface area contributed by atoms with Crippen LogP contribution in [0.25, 0.3) is 0 Å². The second-order valence-electron chi connectivity index (χ2n) is 7.39. The molecule has 1 atom stereocenters. The number of carbonyl (C=O) groups excluding carboxylic acids is 1. The summed E-state index contributed by atoms with van der Waals surface area (Å²) in [6.45, 7) is 4.98. The first kappa shape index (κ1) is 19.8. The molecule has 1 amide bonds. The molecule has 8 heteroatoms. The maximum absolute atomic E-state index is 13.0. The van der Waals surface area contributed by atoms with Crippen molar-refractivity contribution < 1.29 is 13.9 Å². The smallest absolute Gasteiger partial charge is 0.223 e. The number of nitrogens with one attached hydrogen (secondary N) is 1. The maximum Gasteiger partial charge on any atom is 0.223 e. The molecule has 0 spiro atoms. The molecule has 2 heterocycles. The molecule has 1 saturated heterocycles. The third kappa shape index (κ3) is 5.29. The number of halogens is 1. The Labute approximate surface area is 162 Å². The third-order valence-corrected chi connectivity index (χ3v) is 5.79. The summed E-state index contributed by atoms with van der Waals surface area (Å²) in [6.07, 6.45) is 1.46. The van der Waals surface area contributed by atoms with Crippen LogP contribution >= 0.6 is 11.8 Å². The Morgan fingerprint density at radius 2 is 2.11 bits per heavy atom. The Kier molecular flexibility index (Phi) is 6.16. The number of ether oxygens (including phenoxy) is 1. The summed E-state index contributed by atoms with van der Waals surface area (Å²) >= 11 is 1.53. The van der Waals surface area contributed by atoms with Gasteiger partial charge >= 0.3 is 0 Å². The summed E-state index contributed by atoms with van der Waals surface area (Å²) in [6, 6.07) is 6.42. The van der Waals surface area contributed by atoms with Gasteiger partial charge in [-0.05, 0) is 44.4 Å². The van der Waals surface area contributed by atoms with Gasteiger partial charge in [-0.25, -0.2) is 4.39 Å². The number of rotatable bonds is 6. The summed E-state index contributed by atoms with van der Waals surface area (Å²) in [5.41, 5.74) is 0.760. The minimum absolute atomic E-state index is 0.0331. The maximum atomic E-state index is 13.0.